The number of aromatic nitrogens is 2. The van der Waals surface area contributed by atoms with Gasteiger partial charge in [0.1, 0.15) is 6.10 Å². The molecule has 3 heterocycles. The number of hydrogen-bond acceptors (Lipinski definition) is 5. The van der Waals surface area contributed by atoms with Crippen molar-refractivity contribution in [3.8, 4) is 6.01 Å². The van der Waals surface area contributed by atoms with E-state index in [9.17, 15) is 9.18 Å². The van der Waals surface area contributed by atoms with Crippen LogP contribution in [-0.4, -0.2) is 63.5 Å². The molecule has 0 N–H and O–H groups in total. The van der Waals surface area contributed by atoms with Crippen LogP contribution in [0.1, 0.15) is 33.1 Å². The summed E-state index contributed by atoms with van der Waals surface area (Å²) in [6.45, 7) is 6.62. The SMILES string of the molecule is CC(C)N1CC[C@H](N2CCC(Oc3ncc(F)cn3)CC2)C1=O. The van der Waals surface area contributed by atoms with Crippen molar-refractivity contribution in [2.24, 2.45) is 0 Å². The standard InChI is InChI=1S/C16H23FN4O2/c1-11(2)21-8-5-14(15(21)22)20-6-3-13(4-7-20)23-16-18-9-12(17)10-19-16/h9-11,13-14H,3-8H2,1-2H3/t14-/m0/s1. The molecular weight excluding hydrogens is 299 g/mol. The maximum atomic E-state index is 12.8. The van der Waals surface area contributed by atoms with Crippen LogP contribution in [0.2, 0.25) is 0 Å². The number of piperidine rings is 1. The molecule has 0 spiro atoms. The number of carbonyl (C=O) groups excluding carboxylic acids is 1. The van der Waals surface area contributed by atoms with E-state index < -0.39 is 5.82 Å². The highest BCUT2D eigenvalue weighted by atomic mass is 19.1. The molecule has 1 atom stereocenters. The number of rotatable bonds is 4. The number of hydrogen-bond donors (Lipinski definition) is 0. The first-order valence-corrected chi connectivity index (χ1v) is 8.23. The lowest BCUT2D eigenvalue weighted by molar-refractivity contribution is -0.134. The molecule has 0 bridgehead atoms. The molecule has 3 rings (SSSR count). The maximum absolute atomic E-state index is 12.8. The zero-order valence-electron chi connectivity index (χ0n) is 13.6. The fourth-order valence-corrected chi connectivity index (χ4v) is 3.35. The fraction of sp³-hybridized carbons (Fsp3) is 0.688. The lowest BCUT2D eigenvalue weighted by Crippen LogP contribution is -2.48. The van der Waals surface area contributed by atoms with Crippen LogP contribution < -0.4 is 4.74 Å². The van der Waals surface area contributed by atoms with Crippen LogP contribution in [0.4, 0.5) is 4.39 Å². The summed E-state index contributed by atoms with van der Waals surface area (Å²) in [5.74, 6) is -0.220. The van der Waals surface area contributed by atoms with Gasteiger partial charge in [-0.15, -0.1) is 0 Å². The summed E-state index contributed by atoms with van der Waals surface area (Å²) in [7, 11) is 0. The first kappa shape index (κ1) is 16.1. The number of halogens is 1. The van der Waals surface area contributed by atoms with E-state index in [1.54, 1.807) is 0 Å². The molecule has 0 radical (unpaired) electrons. The fourth-order valence-electron chi connectivity index (χ4n) is 3.35. The molecule has 7 heteroatoms. The Hall–Kier alpha value is -1.76. The molecule has 1 amide bonds. The monoisotopic (exact) mass is 322 g/mol. The van der Waals surface area contributed by atoms with Gasteiger partial charge in [0.05, 0.1) is 18.4 Å². The van der Waals surface area contributed by atoms with Gasteiger partial charge in [-0.1, -0.05) is 0 Å². The van der Waals surface area contributed by atoms with Gasteiger partial charge in [-0.3, -0.25) is 9.69 Å². The average Bonchev–Trinajstić information content (AvgIpc) is 2.92. The second kappa shape index (κ2) is 6.78. The van der Waals surface area contributed by atoms with E-state index in [1.807, 2.05) is 4.90 Å². The van der Waals surface area contributed by atoms with Gasteiger partial charge in [0.25, 0.3) is 0 Å². The number of amides is 1. The van der Waals surface area contributed by atoms with Crippen LogP contribution in [0.3, 0.4) is 0 Å². The van der Waals surface area contributed by atoms with Gasteiger partial charge in [0.15, 0.2) is 5.82 Å². The molecule has 6 nitrogen and oxygen atoms in total. The highest BCUT2D eigenvalue weighted by Crippen LogP contribution is 2.24. The molecule has 2 aliphatic rings. The lowest BCUT2D eigenvalue weighted by atomic mass is 10.0. The number of ether oxygens (including phenoxy) is 1. The second-order valence-electron chi connectivity index (χ2n) is 6.47. The Morgan fingerprint density at radius 1 is 1.17 bits per heavy atom. The molecule has 1 aromatic rings. The highest BCUT2D eigenvalue weighted by Gasteiger charge is 2.38. The van der Waals surface area contributed by atoms with Gasteiger partial charge >= 0.3 is 6.01 Å². The normalized spacial score (nSPS) is 23.7. The van der Waals surface area contributed by atoms with Gasteiger partial charge in [-0.05, 0) is 33.1 Å². The van der Waals surface area contributed by atoms with Crippen LogP contribution >= 0.6 is 0 Å². The minimum atomic E-state index is -0.471. The quantitative estimate of drug-likeness (QED) is 0.840. The summed E-state index contributed by atoms with van der Waals surface area (Å²) in [6.07, 6.45) is 4.79. The van der Waals surface area contributed by atoms with Crippen molar-refractivity contribution in [3.63, 3.8) is 0 Å². The smallest absolute Gasteiger partial charge is 0.316 e. The van der Waals surface area contributed by atoms with Crippen molar-refractivity contribution in [3.05, 3.63) is 18.2 Å². The minimum Gasteiger partial charge on any atom is -0.460 e. The van der Waals surface area contributed by atoms with Crippen LogP contribution in [0, 0.1) is 5.82 Å². The second-order valence-corrected chi connectivity index (χ2v) is 6.47. The van der Waals surface area contributed by atoms with Gasteiger partial charge < -0.3 is 9.64 Å². The predicted octanol–water partition coefficient (Wildman–Crippen LogP) is 1.47. The Morgan fingerprint density at radius 2 is 1.83 bits per heavy atom. The Morgan fingerprint density at radius 3 is 2.39 bits per heavy atom. The van der Waals surface area contributed by atoms with Crippen LogP contribution in [0.15, 0.2) is 12.4 Å². The summed E-state index contributed by atoms with van der Waals surface area (Å²) < 4.78 is 18.5. The predicted molar refractivity (Wildman–Crippen MR) is 82.5 cm³/mol. The lowest BCUT2D eigenvalue weighted by Gasteiger charge is -2.35. The number of carbonyl (C=O) groups is 1. The molecule has 2 saturated heterocycles. The molecule has 126 valence electrons. The molecule has 0 saturated carbocycles. The van der Waals surface area contributed by atoms with Crippen LogP contribution in [0.25, 0.3) is 0 Å². The van der Waals surface area contributed by atoms with E-state index in [0.717, 1.165) is 51.3 Å². The Labute approximate surface area is 135 Å². The van der Waals surface area contributed by atoms with E-state index in [2.05, 4.69) is 28.7 Å². The molecule has 2 fully saturated rings. The van der Waals surface area contributed by atoms with Gasteiger partial charge in [-0.25, -0.2) is 14.4 Å². The summed E-state index contributed by atoms with van der Waals surface area (Å²) in [6, 6.07) is 0.497. The largest absolute Gasteiger partial charge is 0.460 e. The number of nitrogens with zero attached hydrogens (tertiary/aromatic N) is 4. The molecule has 0 aliphatic carbocycles. The number of likely N-dealkylation sites (tertiary alicyclic amines) is 2. The third-order valence-electron chi connectivity index (χ3n) is 4.62. The Kier molecular flexibility index (Phi) is 4.75. The van der Waals surface area contributed by atoms with Gasteiger partial charge in [-0.2, -0.15) is 0 Å². The maximum Gasteiger partial charge on any atom is 0.316 e. The van der Waals surface area contributed by atoms with Crippen LogP contribution in [0.5, 0.6) is 6.01 Å². The van der Waals surface area contributed by atoms with E-state index in [0.29, 0.717) is 0 Å². The van der Waals surface area contributed by atoms with E-state index in [4.69, 9.17) is 4.74 Å². The molecule has 0 aromatic carbocycles. The van der Waals surface area contributed by atoms with Gasteiger partial charge in [0.2, 0.25) is 5.91 Å². The zero-order valence-corrected chi connectivity index (χ0v) is 13.6. The summed E-state index contributed by atoms with van der Waals surface area (Å²) >= 11 is 0. The van der Waals surface area contributed by atoms with Crippen molar-refractivity contribution in [1.82, 2.24) is 19.8 Å². The molecule has 1 aromatic heterocycles. The summed E-state index contributed by atoms with van der Waals surface area (Å²) in [4.78, 5) is 24.3. The third-order valence-corrected chi connectivity index (χ3v) is 4.62. The van der Waals surface area contributed by atoms with Crippen molar-refractivity contribution in [2.45, 2.75) is 51.3 Å². The molecule has 2 aliphatic heterocycles. The van der Waals surface area contributed by atoms with Crippen LogP contribution in [-0.2, 0) is 4.79 Å². The first-order valence-electron chi connectivity index (χ1n) is 8.23. The zero-order chi connectivity index (χ0) is 16.4. The molecule has 23 heavy (non-hydrogen) atoms. The van der Waals surface area contributed by atoms with E-state index in [1.165, 1.54) is 0 Å². The topological polar surface area (TPSA) is 58.6 Å². The third kappa shape index (κ3) is 3.60. The van der Waals surface area contributed by atoms with Crippen molar-refractivity contribution in [1.29, 1.82) is 0 Å². The summed E-state index contributed by atoms with van der Waals surface area (Å²) in [5, 5.41) is 0. The summed E-state index contributed by atoms with van der Waals surface area (Å²) in [5.41, 5.74) is 0. The van der Waals surface area contributed by atoms with Crippen molar-refractivity contribution < 1.29 is 13.9 Å². The van der Waals surface area contributed by atoms with Gasteiger partial charge in [0, 0.05) is 25.7 Å². The first-order chi connectivity index (χ1) is 11.0. The Bertz CT molecular complexity index is 544. The van der Waals surface area contributed by atoms with Crippen molar-refractivity contribution >= 4 is 5.91 Å². The molecule has 0 unspecified atom stereocenters. The minimum absolute atomic E-state index is 0.0143. The van der Waals surface area contributed by atoms with Crippen molar-refractivity contribution in [2.75, 3.05) is 19.6 Å². The Balaban J connectivity index is 1.51. The van der Waals surface area contributed by atoms with E-state index >= 15 is 0 Å². The van der Waals surface area contributed by atoms with E-state index in [-0.39, 0.29) is 30.1 Å². The average molecular weight is 322 g/mol. The molecular formula is C16H23FN4O2. The highest BCUT2D eigenvalue weighted by molar-refractivity contribution is 5.84.